The third kappa shape index (κ3) is 3.88. The molecule has 134 valence electrons. The zero-order valence-corrected chi connectivity index (χ0v) is 14.6. The van der Waals surface area contributed by atoms with Crippen LogP contribution in [0.5, 0.6) is 0 Å². The monoisotopic (exact) mass is 366 g/mol. The molecule has 0 radical (unpaired) electrons. The molecule has 1 aliphatic rings. The molecule has 0 aliphatic carbocycles. The van der Waals surface area contributed by atoms with Crippen LogP contribution in [0.1, 0.15) is 29.0 Å². The molecule has 1 aliphatic heterocycles. The first-order chi connectivity index (χ1) is 11.5. The van der Waals surface area contributed by atoms with Crippen LogP contribution in [-0.4, -0.2) is 39.7 Å². The second-order valence-electron chi connectivity index (χ2n) is 6.02. The maximum atomic E-state index is 14.0. The number of carbonyl (C=O) groups is 1. The highest BCUT2D eigenvalue weighted by atomic mass is 35.5. The molecule has 0 spiro atoms. The predicted octanol–water partition coefficient (Wildman–Crippen LogP) is 1.67. The Hall–Kier alpha value is -2.25. The van der Waals surface area contributed by atoms with Crippen molar-refractivity contribution in [1.29, 1.82) is 0 Å². The number of nitrogens with two attached hydrogens (primary N) is 1. The van der Waals surface area contributed by atoms with Crippen molar-refractivity contribution in [1.82, 2.24) is 14.7 Å². The van der Waals surface area contributed by atoms with Crippen molar-refractivity contribution in [2.24, 2.45) is 5.73 Å². The summed E-state index contributed by atoms with van der Waals surface area (Å²) in [5.74, 6) is -0.935. The summed E-state index contributed by atoms with van der Waals surface area (Å²) in [5.41, 5.74) is 5.87. The largest absolute Gasteiger partial charge is 0.336 e. The average molecular weight is 367 g/mol. The zero-order chi connectivity index (χ0) is 17.3. The van der Waals surface area contributed by atoms with Gasteiger partial charge in [0, 0.05) is 30.9 Å². The molecule has 8 heteroatoms. The molecule has 1 unspecified atom stereocenters. The van der Waals surface area contributed by atoms with Gasteiger partial charge in [0.25, 0.3) is 5.91 Å². The van der Waals surface area contributed by atoms with Gasteiger partial charge in [-0.25, -0.2) is 9.07 Å². The van der Waals surface area contributed by atoms with Gasteiger partial charge in [-0.3, -0.25) is 9.59 Å². The van der Waals surface area contributed by atoms with Gasteiger partial charge in [0.05, 0.1) is 0 Å². The van der Waals surface area contributed by atoms with Gasteiger partial charge in [0.1, 0.15) is 11.5 Å². The summed E-state index contributed by atoms with van der Waals surface area (Å²) in [4.78, 5) is 26.4. The fourth-order valence-electron chi connectivity index (χ4n) is 2.91. The van der Waals surface area contributed by atoms with E-state index in [1.807, 2.05) is 0 Å². The number of aromatic nitrogens is 2. The maximum Gasteiger partial charge on any atom is 0.278 e. The van der Waals surface area contributed by atoms with E-state index in [0.717, 1.165) is 12.8 Å². The number of para-hydroxylation sites is 1. The SMILES string of the molecule is Cc1cc(=O)c(C(=O)N2CCCC(N)C2)nn1-c1ccccc1F.Cl. The van der Waals surface area contributed by atoms with Crippen LogP contribution in [0.3, 0.4) is 0 Å². The first kappa shape index (κ1) is 19.1. The molecule has 1 fully saturated rings. The fraction of sp³-hybridized carbons (Fsp3) is 0.353. The average Bonchev–Trinajstić information content (AvgIpc) is 2.55. The summed E-state index contributed by atoms with van der Waals surface area (Å²) in [5, 5.41) is 4.14. The van der Waals surface area contributed by atoms with E-state index in [0.29, 0.717) is 18.8 Å². The molecular formula is C17H20ClFN4O2. The summed E-state index contributed by atoms with van der Waals surface area (Å²) in [7, 11) is 0. The minimum absolute atomic E-state index is 0. The molecule has 25 heavy (non-hydrogen) atoms. The Morgan fingerprint density at radius 1 is 1.36 bits per heavy atom. The molecule has 1 atom stereocenters. The summed E-state index contributed by atoms with van der Waals surface area (Å²) in [6, 6.07) is 7.30. The van der Waals surface area contributed by atoms with E-state index in [1.165, 1.54) is 16.8 Å². The van der Waals surface area contributed by atoms with Crippen molar-refractivity contribution in [3.63, 3.8) is 0 Å². The molecular weight excluding hydrogens is 347 g/mol. The summed E-state index contributed by atoms with van der Waals surface area (Å²) >= 11 is 0. The molecule has 1 saturated heterocycles. The first-order valence-corrected chi connectivity index (χ1v) is 7.88. The lowest BCUT2D eigenvalue weighted by atomic mass is 10.1. The number of nitrogens with zero attached hydrogens (tertiary/aromatic N) is 3. The molecule has 1 aromatic carbocycles. The summed E-state index contributed by atoms with van der Waals surface area (Å²) in [6.07, 6.45) is 1.64. The van der Waals surface area contributed by atoms with Crippen molar-refractivity contribution < 1.29 is 9.18 Å². The topological polar surface area (TPSA) is 81.2 Å². The lowest BCUT2D eigenvalue weighted by Crippen LogP contribution is -2.47. The Morgan fingerprint density at radius 2 is 2.08 bits per heavy atom. The normalized spacial score (nSPS) is 17.1. The lowest BCUT2D eigenvalue weighted by molar-refractivity contribution is 0.0699. The van der Waals surface area contributed by atoms with Gasteiger partial charge in [-0.1, -0.05) is 12.1 Å². The van der Waals surface area contributed by atoms with Gasteiger partial charge in [-0.2, -0.15) is 5.10 Å². The van der Waals surface area contributed by atoms with Crippen LogP contribution >= 0.6 is 12.4 Å². The summed E-state index contributed by atoms with van der Waals surface area (Å²) in [6.45, 7) is 2.58. The molecule has 1 amide bonds. The molecule has 1 aromatic heterocycles. The van der Waals surface area contributed by atoms with Gasteiger partial charge in [-0.15, -0.1) is 12.4 Å². The van der Waals surface area contributed by atoms with Crippen LogP contribution in [-0.2, 0) is 0 Å². The number of halogens is 2. The van der Waals surface area contributed by atoms with Gasteiger partial charge in [-0.05, 0) is 31.9 Å². The van der Waals surface area contributed by atoms with Crippen molar-refractivity contribution >= 4 is 18.3 Å². The van der Waals surface area contributed by atoms with Crippen LogP contribution in [0.2, 0.25) is 0 Å². The lowest BCUT2D eigenvalue weighted by Gasteiger charge is -2.30. The highest BCUT2D eigenvalue weighted by Crippen LogP contribution is 2.14. The Morgan fingerprint density at radius 3 is 2.76 bits per heavy atom. The number of amides is 1. The van der Waals surface area contributed by atoms with Crippen molar-refractivity contribution in [2.75, 3.05) is 13.1 Å². The van der Waals surface area contributed by atoms with Crippen LogP contribution in [0.25, 0.3) is 5.69 Å². The van der Waals surface area contributed by atoms with E-state index in [2.05, 4.69) is 5.10 Å². The van der Waals surface area contributed by atoms with E-state index in [9.17, 15) is 14.0 Å². The summed E-state index contributed by atoms with van der Waals surface area (Å²) < 4.78 is 15.3. The number of hydrogen-bond donors (Lipinski definition) is 1. The quantitative estimate of drug-likeness (QED) is 0.876. The third-order valence-electron chi connectivity index (χ3n) is 4.14. The Bertz CT molecular complexity index is 840. The van der Waals surface area contributed by atoms with Crippen LogP contribution in [0, 0.1) is 12.7 Å². The number of likely N-dealkylation sites (tertiary alicyclic amines) is 1. The third-order valence-corrected chi connectivity index (χ3v) is 4.14. The van der Waals surface area contributed by atoms with Gasteiger partial charge in [0.15, 0.2) is 5.69 Å². The Kier molecular flexibility index (Phi) is 5.92. The first-order valence-electron chi connectivity index (χ1n) is 7.88. The second kappa shape index (κ2) is 7.76. The van der Waals surface area contributed by atoms with Crippen molar-refractivity contribution in [3.05, 3.63) is 57.8 Å². The minimum atomic E-state index is -0.477. The number of hydrogen-bond acceptors (Lipinski definition) is 4. The molecule has 3 rings (SSSR count). The molecule has 2 N–H and O–H groups in total. The Balaban J connectivity index is 0.00000225. The van der Waals surface area contributed by atoms with Crippen LogP contribution < -0.4 is 11.2 Å². The van der Waals surface area contributed by atoms with Gasteiger partial charge in [0.2, 0.25) is 5.43 Å². The number of aryl methyl sites for hydroxylation is 1. The number of piperidine rings is 1. The molecule has 2 aromatic rings. The predicted molar refractivity (Wildman–Crippen MR) is 94.9 cm³/mol. The number of rotatable bonds is 2. The Labute approximate surface area is 150 Å². The van der Waals surface area contributed by atoms with Crippen molar-refractivity contribution in [2.45, 2.75) is 25.8 Å². The van der Waals surface area contributed by atoms with E-state index in [1.54, 1.807) is 30.0 Å². The van der Waals surface area contributed by atoms with Crippen LogP contribution in [0.15, 0.2) is 35.1 Å². The molecule has 0 saturated carbocycles. The zero-order valence-electron chi connectivity index (χ0n) is 13.8. The van der Waals surface area contributed by atoms with E-state index in [-0.39, 0.29) is 29.8 Å². The van der Waals surface area contributed by atoms with Crippen molar-refractivity contribution in [3.8, 4) is 5.69 Å². The van der Waals surface area contributed by atoms with E-state index in [4.69, 9.17) is 5.73 Å². The highest BCUT2D eigenvalue weighted by Gasteiger charge is 2.26. The second-order valence-corrected chi connectivity index (χ2v) is 6.02. The molecule has 0 bridgehead atoms. The molecule has 6 nitrogen and oxygen atoms in total. The highest BCUT2D eigenvalue weighted by molar-refractivity contribution is 5.92. The number of benzene rings is 1. The minimum Gasteiger partial charge on any atom is -0.336 e. The smallest absolute Gasteiger partial charge is 0.278 e. The van der Waals surface area contributed by atoms with Gasteiger partial charge >= 0.3 is 0 Å². The van der Waals surface area contributed by atoms with Crippen LogP contribution in [0.4, 0.5) is 4.39 Å². The number of carbonyl (C=O) groups excluding carboxylic acids is 1. The maximum absolute atomic E-state index is 14.0. The van der Waals surface area contributed by atoms with Gasteiger partial charge < -0.3 is 10.6 Å². The standard InChI is InChI=1S/C17H19FN4O2.ClH/c1-11-9-15(23)16(17(24)21-8-4-5-12(19)10-21)20-22(11)14-7-3-2-6-13(14)18;/h2-3,6-7,9,12H,4-5,8,10,19H2,1H3;1H. The van der Waals surface area contributed by atoms with E-state index < -0.39 is 17.2 Å². The van der Waals surface area contributed by atoms with E-state index >= 15 is 0 Å². The fourth-order valence-corrected chi connectivity index (χ4v) is 2.91. The molecule has 2 heterocycles.